The molecule has 2 aromatic heterocycles. The summed E-state index contributed by atoms with van der Waals surface area (Å²) in [4.78, 5) is 12.6. The van der Waals surface area contributed by atoms with E-state index in [0.29, 0.717) is 16.5 Å². The number of carbonyl (C=O) groups is 1. The average Bonchev–Trinajstić information content (AvgIpc) is 3.38. The minimum atomic E-state index is -0.542. The number of nitrogens with one attached hydrogen (secondary N) is 1. The van der Waals surface area contributed by atoms with Crippen LogP contribution >= 0.6 is 34.8 Å². The summed E-state index contributed by atoms with van der Waals surface area (Å²) in [7, 11) is 0. The molecule has 1 amide bonds. The first-order chi connectivity index (χ1) is 15.8. The number of benzene rings is 2. The fourth-order valence-corrected chi connectivity index (χ4v) is 3.55. The van der Waals surface area contributed by atoms with Gasteiger partial charge >= 0.3 is 0 Å². The lowest BCUT2D eigenvalue weighted by atomic mass is 10.2. The van der Waals surface area contributed by atoms with Crippen LogP contribution < -0.4 is 10.1 Å². The van der Waals surface area contributed by atoms with Crippen LogP contribution in [0.4, 0.5) is 10.2 Å². The highest BCUT2D eigenvalue weighted by atomic mass is 35.5. The number of hydrogen-bond acceptors (Lipinski definition) is 4. The summed E-state index contributed by atoms with van der Waals surface area (Å²) in [6.07, 6.45) is 1.47. The Labute approximate surface area is 203 Å². The smallest absolute Gasteiger partial charge is 0.292 e. The summed E-state index contributed by atoms with van der Waals surface area (Å²) in [5.74, 6) is 0.257. The van der Waals surface area contributed by atoms with Crippen molar-refractivity contribution < 1.29 is 18.3 Å². The van der Waals surface area contributed by atoms with Gasteiger partial charge in [-0.1, -0.05) is 40.9 Å². The molecule has 0 spiro atoms. The molecule has 1 N–H and O–H groups in total. The normalized spacial score (nSPS) is 10.9. The van der Waals surface area contributed by atoms with Gasteiger partial charge in [0.2, 0.25) is 0 Å². The third-order valence-electron chi connectivity index (χ3n) is 4.73. The number of aryl methyl sites for hydroxylation is 1. The van der Waals surface area contributed by atoms with Gasteiger partial charge in [-0.2, -0.15) is 5.10 Å². The molecule has 4 rings (SSSR count). The number of furan rings is 1. The number of hydrogen-bond donors (Lipinski definition) is 1. The monoisotopic (exact) mass is 507 g/mol. The van der Waals surface area contributed by atoms with Crippen LogP contribution in [-0.2, 0) is 13.2 Å². The molecule has 0 bridgehead atoms. The Hall–Kier alpha value is -3.00. The summed E-state index contributed by atoms with van der Waals surface area (Å²) >= 11 is 18.3. The van der Waals surface area contributed by atoms with E-state index in [1.54, 1.807) is 24.3 Å². The summed E-state index contributed by atoms with van der Waals surface area (Å²) in [6.45, 7) is 2.06. The van der Waals surface area contributed by atoms with Crippen LogP contribution in [-0.4, -0.2) is 15.7 Å². The lowest BCUT2D eigenvalue weighted by molar-refractivity contribution is 0.0992. The zero-order valence-electron chi connectivity index (χ0n) is 17.2. The minimum absolute atomic E-state index is 0.0491. The standard InChI is InChI=1S/C23H17Cl3FN3O3/c1-13-9-14(5-7-17(13)24)32-12-15-6-8-21(33-15)23(31)28-22-19(26)11-30(29-22)10-16-18(25)3-2-4-20(16)27/h2-9,11H,10,12H2,1H3,(H,28,29,31). The van der Waals surface area contributed by atoms with E-state index in [1.165, 1.54) is 29.1 Å². The van der Waals surface area contributed by atoms with Gasteiger partial charge in [0.1, 0.15) is 29.0 Å². The molecular weight excluding hydrogens is 492 g/mol. The van der Waals surface area contributed by atoms with Crippen LogP contribution in [0.1, 0.15) is 27.4 Å². The molecule has 6 nitrogen and oxygen atoms in total. The van der Waals surface area contributed by atoms with Gasteiger partial charge in [-0.05, 0) is 55.0 Å². The van der Waals surface area contributed by atoms with Crippen molar-refractivity contribution in [2.24, 2.45) is 0 Å². The molecule has 4 aromatic rings. The molecular formula is C23H17Cl3FN3O3. The first kappa shape index (κ1) is 23.2. The van der Waals surface area contributed by atoms with Crippen LogP contribution in [0, 0.1) is 12.7 Å². The molecule has 0 aliphatic carbocycles. The summed E-state index contributed by atoms with van der Waals surface area (Å²) in [6, 6.07) is 12.9. The Morgan fingerprint density at radius 1 is 1.12 bits per heavy atom. The predicted molar refractivity (Wildman–Crippen MR) is 125 cm³/mol. The summed E-state index contributed by atoms with van der Waals surface area (Å²) in [5, 5.41) is 7.89. The van der Waals surface area contributed by atoms with Gasteiger partial charge in [-0.15, -0.1) is 0 Å². The van der Waals surface area contributed by atoms with E-state index in [2.05, 4.69) is 10.4 Å². The Balaban J connectivity index is 1.39. The third kappa shape index (κ3) is 5.50. The third-order valence-corrected chi connectivity index (χ3v) is 5.78. The number of halogens is 4. The van der Waals surface area contributed by atoms with E-state index in [0.717, 1.165) is 5.56 Å². The SMILES string of the molecule is Cc1cc(OCc2ccc(C(=O)Nc3nn(Cc4c(F)cccc4Cl)cc3Cl)o2)ccc1Cl. The van der Waals surface area contributed by atoms with E-state index in [9.17, 15) is 9.18 Å². The van der Waals surface area contributed by atoms with E-state index < -0.39 is 11.7 Å². The fourth-order valence-electron chi connectivity index (χ4n) is 3.02. The van der Waals surface area contributed by atoms with Crippen molar-refractivity contribution in [3.05, 3.63) is 98.3 Å². The maximum absolute atomic E-state index is 14.0. The molecule has 2 heterocycles. The predicted octanol–water partition coefficient (Wildman–Crippen LogP) is 6.76. The Bertz CT molecular complexity index is 1300. The Morgan fingerprint density at radius 2 is 1.94 bits per heavy atom. The second kappa shape index (κ2) is 9.87. The van der Waals surface area contributed by atoms with Gasteiger partial charge in [0.25, 0.3) is 5.91 Å². The number of amides is 1. The van der Waals surface area contributed by atoms with Crippen LogP contribution in [0.5, 0.6) is 5.75 Å². The molecule has 33 heavy (non-hydrogen) atoms. The van der Waals surface area contributed by atoms with Gasteiger partial charge in [-0.25, -0.2) is 4.39 Å². The van der Waals surface area contributed by atoms with Crippen molar-refractivity contribution >= 4 is 46.5 Å². The molecule has 0 atom stereocenters. The molecule has 0 aliphatic rings. The largest absolute Gasteiger partial charge is 0.486 e. The number of aromatic nitrogens is 2. The average molecular weight is 509 g/mol. The lowest BCUT2D eigenvalue weighted by Crippen LogP contribution is -2.12. The number of nitrogens with zero attached hydrogens (tertiary/aromatic N) is 2. The maximum Gasteiger partial charge on any atom is 0.292 e. The highest BCUT2D eigenvalue weighted by molar-refractivity contribution is 6.33. The molecule has 170 valence electrons. The lowest BCUT2D eigenvalue weighted by Gasteiger charge is -2.06. The molecule has 0 unspecified atom stereocenters. The van der Waals surface area contributed by atoms with E-state index >= 15 is 0 Å². The quantitative estimate of drug-likeness (QED) is 0.299. The number of rotatable bonds is 7. The van der Waals surface area contributed by atoms with Crippen LogP contribution in [0.2, 0.25) is 15.1 Å². The van der Waals surface area contributed by atoms with Crippen molar-refractivity contribution in [3.63, 3.8) is 0 Å². The zero-order chi connectivity index (χ0) is 23.5. The molecule has 2 aromatic carbocycles. The number of carbonyl (C=O) groups excluding carboxylic acids is 1. The second-order valence-electron chi connectivity index (χ2n) is 7.14. The van der Waals surface area contributed by atoms with Gasteiger partial charge in [0.05, 0.1) is 6.54 Å². The van der Waals surface area contributed by atoms with E-state index in [4.69, 9.17) is 44.0 Å². The maximum atomic E-state index is 14.0. The highest BCUT2D eigenvalue weighted by Crippen LogP contribution is 2.25. The molecule has 0 fully saturated rings. The number of anilines is 1. The summed E-state index contributed by atoms with van der Waals surface area (Å²) in [5.41, 5.74) is 1.16. The fraction of sp³-hybridized carbons (Fsp3) is 0.130. The second-order valence-corrected chi connectivity index (χ2v) is 8.36. The van der Waals surface area contributed by atoms with Crippen molar-refractivity contribution in [1.82, 2.24) is 9.78 Å². The van der Waals surface area contributed by atoms with Crippen LogP contribution in [0.15, 0.2) is 59.1 Å². The summed E-state index contributed by atoms with van der Waals surface area (Å²) < 4.78 is 26.7. The van der Waals surface area contributed by atoms with Crippen molar-refractivity contribution in [1.29, 1.82) is 0 Å². The Kier molecular flexibility index (Phi) is 6.93. The number of ether oxygens (including phenoxy) is 1. The molecule has 10 heteroatoms. The van der Waals surface area contributed by atoms with Crippen molar-refractivity contribution in [3.8, 4) is 5.75 Å². The Morgan fingerprint density at radius 3 is 2.70 bits per heavy atom. The van der Waals surface area contributed by atoms with Gasteiger partial charge in [0.15, 0.2) is 11.6 Å². The first-order valence-electron chi connectivity index (χ1n) is 9.75. The van der Waals surface area contributed by atoms with Gasteiger partial charge < -0.3 is 14.5 Å². The van der Waals surface area contributed by atoms with Crippen molar-refractivity contribution in [2.75, 3.05) is 5.32 Å². The van der Waals surface area contributed by atoms with Crippen molar-refractivity contribution in [2.45, 2.75) is 20.1 Å². The first-order valence-corrected chi connectivity index (χ1v) is 10.9. The van der Waals surface area contributed by atoms with Crippen LogP contribution in [0.25, 0.3) is 0 Å². The molecule has 0 saturated carbocycles. The van der Waals surface area contributed by atoms with Gasteiger partial charge in [0, 0.05) is 21.8 Å². The molecule has 0 saturated heterocycles. The van der Waals surface area contributed by atoms with Gasteiger partial charge in [-0.3, -0.25) is 9.48 Å². The van der Waals surface area contributed by atoms with E-state index in [1.807, 2.05) is 13.0 Å². The highest BCUT2D eigenvalue weighted by Gasteiger charge is 2.17. The van der Waals surface area contributed by atoms with Crippen LogP contribution in [0.3, 0.4) is 0 Å². The minimum Gasteiger partial charge on any atom is -0.486 e. The zero-order valence-corrected chi connectivity index (χ0v) is 19.5. The van der Waals surface area contributed by atoms with E-state index in [-0.39, 0.29) is 40.3 Å². The molecule has 0 aliphatic heterocycles. The molecule has 0 radical (unpaired) electrons. The topological polar surface area (TPSA) is 69.3 Å².